The third-order valence-corrected chi connectivity index (χ3v) is 2.61. The lowest BCUT2D eigenvalue weighted by molar-refractivity contribution is -0.136. The molecule has 0 saturated heterocycles. The maximum Gasteiger partial charge on any atom is 0.316 e. The van der Waals surface area contributed by atoms with E-state index in [2.05, 4.69) is 20.6 Å². The summed E-state index contributed by atoms with van der Waals surface area (Å²) in [5, 5.41) is 4.74. The Bertz CT molecular complexity index is 617. The smallest absolute Gasteiger partial charge is 0.316 e. The monoisotopic (exact) mass is 288 g/mol. The second kappa shape index (κ2) is 7.09. The number of hydrogen-bond donors (Lipinski definition) is 2. The molecule has 2 aromatic rings. The molecule has 21 heavy (non-hydrogen) atoms. The summed E-state index contributed by atoms with van der Waals surface area (Å²) in [7, 11) is 0. The number of hydrogen-bond acceptors (Lipinski definition) is 4. The molecule has 108 valence electrons. The Morgan fingerprint density at radius 1 is 1.05 bits per heavy atom. The van der Waals surface area contributed by atoms with E-state index in [-0.39, 0.29) is 18.3 Å². The number of nitrogens with zero attached hydrogens (tertiary/aromatic N) is 2. The molecule has 0 aliphatic heterocycles. The largest absolute Gasteiger partial charge is 0.347 e. The molecule has 7 heteroatoms. The maximum atomic E-state index is 12.7. The van der Waals surface area contributed by atoms with Crippen molar-refractivity contribution in [3.63, 3.8) is 0 Å². The summed E-state index contributed by atoms with van der Waals surface area (Å²) in [6.45, 7) is 0.271. The van der Waals surface area contributed by atoms with Gasteiger partial charge in [0.2, 0.25) is 5.95 Å². The first-order valence-electron chi connectivity index (χ1n) is 6.26. The topological polar surface area (TPSA) is 84.0 Å². The number of rotatable bonds is 4. The molecular weight excluding hydrogens is 275 g/mol. The van der Waals surface area contributed by atoms with Gasteiger partial charge in [-0.1, -0.05) is 12.1 Å². The highest BCUT2D eigenvalue weighted by Gasteiger charge is 2.13. The molecule has 2 amide bonds. The molecule has 0 atom stereocenters. The predicted molar refractivity (Wildman–Crippen MR) is 73.8 cm³/mol. The highest BCUT2D eigenvalue weighted by atomic mass is 19.1. The molecule has 0 radical (unpaired) electrons. The zero-order chi connectivity index (χ0) is 15.1. The molecular formula is C14H13FN4O2. The van der Waals surface area contributed by atoms with Crippen LogP contribution in [0.5, 0.6) is 0 Å². The number of halogens is 1. The molecule has 0 saturated carbocycles. The summed E-state index contributed by atoms with van der Waals surface area (Å²) in [6.07, 6.45) is 3.41. The fourth-order valence-electron chi connectivity index (χ4n) is 1.57. The Balaban J connectivity index is 1.76. The Kier molecular flexibility index (Phi) is 4.92. The zero-order valence-corrected chi connectivity index (χ0v) is 11.0. The number of aromatic nitrogens is 2. The fourth-order valence-corrected chi connectivity index (χ4v) is 1.57. The predicted octanol–water partition coefficient (Wildman–Crippen LogP) is 0.913. The van der Waals surface area contributed by atoms with Crippen LogP contribution in [0.1, 0.15) is 5.56 Å². The van der Waals surface area contributed by atoms with Gasteiger partial charge in [0.25, 0.3) is 0 Å². The van der Waals surface area contributed by atoms with E-state index < -0.39 is 11.8 Å². The van der Waals surface area contributed by atoms with Crippen LogP contribution in [0.4, 0.5) is 10.3 Å². The summed E-state index contributed by atoms with van der Waals surface area (Å²) in [6, 6.07) is 7.53. The Morgan fingerprint density at radius 2 is 1.71 bits per heavy atom. The Hall–Kier alpha value is -2.83. The summed E-state index contributed by atoms with van der Waals surface area (Å²) >= 11 is 0. The third-order valence-electron chi connectivity index (χ3n) is 2.61. The van der Waals surface area contributed by atoms with Crippen molar-refractivity contribution in [2.24, 2.45) is 0 Å². The van der Waals surface area contributed by atoms with Crippen LogP contribution in [0.2, 0.25) is 0 Å². The lowest BCUT2D eigenvalue weighted by atomic mass is 10.1. The van der Waals surface area contributed by atoms with Gasteiger partial charge in [0.1, 0.15) is 5.82 Å². The fraction of sp³-hybridized carbons (Fsp3) is 0.143. The zero-order valence-electron chi connectivity index (χ0n) is 11.0. The molecule has 6 nitrogen and oxygen atoms in total. The van der Waals surface area contributed by atoms with Crippen molar-refractivity contribution >= 4 is 17.8 Å². The second-order valence-electron chi connectivity index (χ2n) is 4.16. The molecule has 0 aliphatic carbocycles. The minimum absolute atomic E-state index is 0.0659. The average Bonchev–Trinajstić information content (AvgIpc) is 2.50. The van der Waals surface area contributed by atoms with Crippen molar-refractivity contribution in [3.05, 3.63) is 54.1 Å². The third kappa shape index (κ3) is 4.64. The standard InChI is InChI=1S/C14H13FN4O2/c15-11-4-2-10(3-5-11)6-9-16-12(20)13(21)19-14-17-7-1-8-18-14/h1-5,7-8H,6,9H2,(H,16,20)(H,17,18,19,21). The Labute approximate surface area is 120 Å². The first-order valence-corrected chi connectivity index (χ1v) is 6.26. The van der Waals surface area contributed by atoms with Crippen LogP contribution in [0.25, 0.3) is 0 Å². The SMILES string of the molecule is O=C(NCCc1ccc(F)cc1)C(=O)Nc1ncccn1. The molecule has 0 spiro atoms. The lowest BCUT2D eigenvalue weighted by Crippen LogP contribution is -2.36. The highest BCUT2D eigenvalue weighted by Crippen LogP contribution is 2.02. The molecule has 0 fully saturated rings. The first-order chi connectivity index (χ1) is 10.1. The normalized spacial score (nSPS) is 9.95. The second-order valence-corrected chi connectivity index (χ2v) is 4.16. The number of nitrogens with one attached hydrogen (secondary N) is 2. The maximum absolute atomic E-state index is 12.7. The Morgan fingerprint density at radius 3 is 2.38 bits per heavy atom. The van der Waals surface area contributed by atoms with Crippen LogP contribution in [0.3, 0.4) is 0 Å². The van der Waals surface area contributed by atoms with Gasteiger partial charge in [-0.2, -0.15) is 0 Å². The number of carbonyl (C=O) groups excluding carboxylic acids is 2. The van der Waals surface area contributed by atoms with E-state index in [0.717, 1.165) is 5.56 Å². The van der Waals surface area contributed by atoms with Crippen LogP contribution in [0.15, 0.2) is 42.7 Å². The van der Waals surface area contributed by atoms with E-state index in [1.807, 2.05) is 0 Å². The quantitative estimate of drug-likeness (QED) is 0.819. The van der Waals surface area contributed by atoms with Gasteiger partial charge in [-0.05, 0) is 30.2 Å². The van der Waals surface area contributed by atoms with Crippen molar-refractivity contribution in [2.75, 3.05) is 11.9 Å². The number of anilines is 1. The van der Waals surface area contributed by atoms with Gasteiger partial charge in [-0.25, -0.2) is 14.4 Å². The van der Waals surface area contributed by atoms with E-state index in [4.69, 9.17) is 0 Å². The van der Waals surface area contributed by atoms with Gasteiger partial charge in [-0.3, -0.25) is 14.9 Å². The van der Waals surface area contributed by atoms with Gasteiger partial charge in [0.05, 0.1) is 0 Å². The average molecular weight is 288 g/mol. The number of carbonyl (C=O) groups is 2. The van der Waals surface area contributed by atoms with Crippen molar-refractivity contribution in [3.8, 4) is 0 Å². The highest BCUT2D eigenvalue weighted by molar-refractivity contribution is 6.39. The molecule has 2 rings (SSSR count). The molecule has 0 aliphatic rings. The van der Waals surface area contributed by atoms with Crippen LogP contribution in [-0.2, 0) is 16.0 Å². The van der Waals surface area contributed by atoms with Gasteiger partial charge in [-0.15, -0.1) is 0 Å². The molecule has 0 bridgehead atoms. The number of benzene rings is 1. The summed E-state index contributed by atoms with van der Waals surface area (Å²) in [5.41, 5.74) is 0.864. The van der Waals surface area contributed by atoms with Crippen molar-refractivity contribution in [2.45, 2.75) is 6.42 Å². The van der Waals surface area contributed by atoms with Crippen molar-refractivity contribution < 1.29 is 14.0 Å². The minimum atomic E-state index is -0.833. The molecule has 1 heterocycles. The van der Waals surface area contributed by atoms with Crippen molar-refractivity contribution in [1.82, 2.24) is 15.3 Å². The summed E-state index contributed by atoms with van der Waals surface area (Å²) in [5.74, 6) is -1.86. The van der Waals surface area contributed by atoms with E-state index >= 15 is 0 Å². The van der Waals surface area contributed by atoms with E-state index in [1.54, 1.807) is 18.2 Å². The van der Waals surface area contributed by atoms with Gasteiger partial charge in [0, 0.05) is 18.9 Å². The van der Waals surface area contributed by atoms with Crippen LogP contribution in [-0.4, -0.2) is 28.3 Å². The summed E-state index contributed by atoms with van der Waals surface area (Å²) < 4.78 is 12.7. The number of amides is 2. The molecule has 2 N–H and O–H groups in total. The van der Waals surface area contributed by atoms with Crippen molar-refractivity contribution in [1.29, 1.82) is 0 Å². The van der Waals surface area contributed by atoms with E-state index in [9.17, 15) is 14.0 Å². The summed E-state index contributed by atoms with van der Waals surface area (Å²) in [4.78, 5) is 30.7. The minimum Gasteiger partial charge on any atom is -0.347 e. The molecule has 0 unspecified atom stereocenters. The molecule has 1 aromatic carbocycles. The van der Waals surface area contributed by atoms with Gasteiger partial charge >= 0.3 is 11.8 Å². The van der Waals surface area contributed by atoms with Crippen LogP contribution >= 0.6 is 0 Å². The first kappa shape index (κ1) is 14.6. The van der Waals surface area contributed by atoms with E-state index in [1.165, 1.54) is 24.5 Å². The molecule has 1 aromatic heterocycles. The van der Waals surface area contributed by atoms with E-state index in [0.29, 0.717) is 6.42 Å². The van der Waals surface area contributed by atoms with Gasteiger partial charge < -0.3 is 5.32 Å². The lowest BCUT2D eigenvalue weighted by Gasteiger charge is -2.05. The van der Waals surface area contributed by atoms with Crippen LogP contribution < -0.4 is 10.6 Å². The van der Waals surface area contributed by atoms with Crippen LogP contribution in [0, 0.1) is 5.82 Å². The van der Waals surface area contributed by atoms with Gasteiger partial charge in [0.15, 0.2) is 0 Å².